The number of halogens is 1. The molecule has 0 unspecified atom stereocenters. The van der Waals surface area contributed by atoms with E-state index in [2.05, 4.69) is 55.7 Å². The van der Waals surface area contributed by atoms with Crippen LogP contribution in [-0.4, -0.2) is 15.9 Å². The highest BCUT2D eigenvalue weighted by atomic mass is 79.9. The van der Waals surface area contributed by atoms with Crippen LogP contribution in [0.1, 0.15) is 18.3 Å². The summed E-state index contributed by atoms with van der Waals surface area (Å²) in [5, 5.41) is 3.32. The Hall–Kier alpha value is -0.430. The van der Waals surface area contributed by atoms with E-state index in [0.29, 0.717) is 0 Å². The summed E-state index contributed by atoms with van der Waals surface area (Å²) in [6.45, 7) is 5.91. The first-order valence-electron chi connectivity index (χ1n) is 5.66. The Morgan fingerprint density at radius 2 is 2.28 bits per heavy atom. The molecule has 96 valence electrons. The lowest BCUT2D eigenvalue weighted by Gasteiger charge is -2.06. The lowest BCUT2D eigenvalue weighted by atomic mass is 10.2. The molecule has 2 aromatic rings. The maximum absolute atomic E-state index is 4.36. The molecular weight excluding hydrogens is 330 g/mol. The number of rotatable bonds is 5. The first-order valence-corrected chi connectivity index (χ1v) is 8.04. The second-order valence-corrected chi connectivity index (χ2v) is 6.65. The van der Waals surface area contributed by atoms with Crippen LogP contribution in [0, 0.1) is 6.92 Å². The van der Waals surface area contributed by atoms with Gasteiger partial charge >= 0.3 is 0 Å². The third-order valence-electron chi connectivity index (χ3n) is 2.28. The third-order valence-corrected chi connectivity index (χ3v) is 5.12. The molecule has 1 heterocycles. The first kappa shape index (κ1) is 14.0. The largest absolute Gasteiger partial charge is 0.313 e. The Labute approximate surface area is 124 Å². The second kappa shape index (κ2) is 6.65. The van der Waals surface area contributed by atoms with Gasteiger partial charge in [0.25, 0.3) is 0 Å². The van der Waals surface area contributed by atoms with E-state index in [4.69, 9.17) is 0 Å². The number of benzene rings is 1. The fourth-order valence-corrected chi connectivity index (χ4v) is 3.70. The van der Waals surface area contributed by atoms with Crippen LogP contribution in [0.3, 0.4) is 0 Å². The van der Waals surface area contributed by atoms with Crippen molar-refractivity contribution in [3.8, 4) is 0 Å². The number of hydrogen-bond acceptors (Lipinski definition) is 5. The summed E-state index contributed by atoms with van der Waals surface area (Å²) in [5.74, 6) is 0.836. The minimum absolute atomic E-state index is 0.836. The first-order chi connectivity index (χ1) is 8.69. The molecule has 6 heteroatoms. The van der Waals surface area contributed by atoms with Crippen LogP contribution < -0.4 is 5.32 Å². The van der Waals surface area contributed by atoms with E-state index in [-0.39, 0.29) is 0 Å². The van der Waals surface area contributed by atoms with E-state index >= 15 is 0 Å². The molecule has 0 saturated heterocycles. The molecule has 1 aromatic heterocycles. The van der Waals surface area contributed by atoms with Crippen LogP contribution in [-0.2, 0) is 6.54 Å². The smallest absolute Gasteiger partial charge is 0.174 e. The van der Waals surface area contributed by atoms with Gasteiger partial charge in [0.2, 0.25) is 0 Å². The van der Waals surface area contributed by atoms with Gasteiger partial charge in [0, 0.05) is 15.9 Å². The van der Waals surface area contributed by atoms with Crippen molar-refractivity contribution in [1.82, 2.24) is 14.7 Å². The summed E-state index contributed by atoms with van der Waals surface area (Å²) in [7, 11) is 0. The fourth-order valence-electron chi connectivity index (χ4n) is 1.42. The van der Waals surface area contributed by atoms with Crippen molar-refractivity contribution in [3.63, 3.8) is 0 Å². The zero-order valence-electron chi connectivity index (χ0n) is 10.2. The van der Waals surface area contributed by atoms with Crippen molar-refractivity contribution in [2.24, 2.45) is 0 Å². The predicted molar refractivity (Wildman–Crippen MR) is 80.3 cm³/mol. The predicted octanol–water partition coefficient (Wildman–Crippen LogP) is 3.87. The zero-order chi connectivity index (χ0) is 13.0. The van der Waals surface area contributed by atoms with Gasteiger partial charge in [-0.05, 0) is 58.6 Å². The highest BCUT2D eigenvalue weighted by Crippen LogP contribution is 2.34. The van der Waals surface area contributed by atoms with E-state index in [1.54, 1.807) is 11.8 Å². The minimum atomic E-state index is 0.836. The summed E-state index contributed by atoms with van der Waals surface area (Å²) in [6.07, 6.45) is 0. The molecule has 0 bridgehead atoms. The molecule has 18 heavy (non-hydrogen) atoms. The lowest BCUT2D eigenvalue weighted by Crippen LogP contribution is -2.11. The van der Waals surface area contributed by atoms with Crippen molar-refractivity contribution in [2.75, 3.05) is 6.54 Å². The Kier molecular flexibility index (Phi) is 5.17. The quantitative estimate of drug-likeness (QED) is 0.894. The van der Waals surface area contributed by atoms with Crippen LogP contribution in [0.4, 0.5) is 0 Å². The molecule has 0 saturated carbocycles. The van der Waals surface area contributed by atoms with Crippen molar-refractivity contribution in [1.29, 1.82) is 0 Å². The molecule has 1 N–H and O–H groups in total. The van der Waals surface area contributed by atoms with Crippen molar-refractivity contribution < 1.29 is 0 Å². The van der Waals surface area contributed by atoms with E-state index in [1.165, 1.54) is 22.0 Å². The molecule has 0 aliphatic rings. The van der Waals surface area contributed by atoms with Crippen LogP contribution in [0.25, 0.3) is 0 Å². The van der Waals surface area contributed by atoms with E-state index in [9.17, 15) is 0 Å². The molecule has 0 aliphatic heterocycles. The molecule has 0 fully saturated rings. The van der Waals surface area contributed by atoms with Gasteiger partial charge in [-0.25, -0.2) is 4.98 Å². The Balaban J connectivity index is 2.09. The summed E-state index contributed by atoms with van der Waals surface area (Å²) in [6, 6.07) is 6.42. The normalized spacial score (nSPS) is 10.8. The van der Waals surface area contributed by atoms with Gasteiger partial charge in [0.1, 0.15) is 5.82 Å². The minimum Gasteiger partial charge on any atom is -0.313 e. The van der Waals surface area contributed by atoms with Crippen molar-refractivity contribution in [3.05, 3.63) is 34.1 Å². The molecule has 0 aliphatic carbocycles. The summed E-state index contributed by atoms with van der Waals surface area (Å²) >= 11 is 6.70. The third kappa shape index (κ3) is 3.78. The van der Waals surface area contributed by atoms with E-state index < -0.39 is 0 Å². The van der Waals surface area contributed by atoms with Gasteiger partial charge in [-0.1, -0.05) is 24.8 Å². The maximum Gasteiger partial charge on any atom is 0.174 e. The molecule has 3 nitrogen and oxygen atoms in total. The van der Waals surface area contributed by atoms with Gasteiger partial charge in [0.05, 0.1) is 0 Å². The van der Waals surface area contributed by atoms with Crippen LogP contribution in [0.5, 0.6) is 0 Å². The Morgan fingerprint density at radius 1 is 1.44 bits per heavy atom. The number of aromatic nitrogens is 2. The number of aryl methyl sites for hydroxylation is 1. The lowest BCUT2D eigenvalue weighted by molar-refractivity contribution is 0.726. The molecule has 0 amide bonds. The number of nitrogens with zero attached hydrogens (tertiary/aromatic N) is 2. The average molecular weight is 344 g/mol. The second-order valence-electron chi connectivity index (χ2n) is 3.75. The highest BCUT2D eigenvalue weighted by molar-refractivity contribution is 9.10. The topological polar surface area (TPSA) is 37.8 Å². The van der Waals surface area contributed by atoms with Gasteiger partial charge < -0.3 is 5.32 Å². The maximum atomic E-state index is 4.36. The van der Waals surface area contributed by atoms with Crippen molar-refractivity contribution in [2.45, 2.75) is 29.6 Å². The molecule has 0 radical (unpaired) electrons. The van der Waals surface area contributed by atoms with Gasteiger partial charge in [-0.3, -0.25) is 0 Å². The summed E-state index contributed by atoms with van der Waals surface area (Å²) in [5.41, 5.74) is 1.28. The molecule has 0 spiro atoms. The average Bonchev–Trinajstić information content (AvgIpc) is 2.75. The van der Waals surface area contributed by atoms with Gasteiger partial charge in [0.15, 0.2) is 4.34 Å². The van der Waals surface area contributed by atoms with Crippen LogP contribution in [0.2, 0.25) is 0 Å². The zero-order valence-corrected chi connectivity index (χ0v) is 13.5. The van der Waals surface area contributed by atoms with E-state index in [0.717, 1.165) is 27.7 Å². The monoisotopic (exact) mass is 343 g/mol. The Bertz CT molecular complexity index is 528. The van der Waals surface area contributed by atoms with Crippen LogP contribution in [0.15, 0.2) is 31.9 Å². The van der Waals surface area contributed by atoms with Gasteiger partial charge in [-0.15, -0.1) is 0 Å². The molecular formula is C12H14BrN3S2. The SMILES string of the molecule is CCNCc1ccc(Sc2nc(C)ns2)c(Br)c1. The van der Waals surface area contributed by atoms with Crippen molar-refractivity contribution >= 4 is 39.2 Å². The molecule has 2 rings (SSSR count). The Morgan fingerprint density at radius 3 is 2.89 bits per heavy atom. The molecule has 1 aromatic carbocycles. The number of nitrogens with one attached hydrogen (secondary N) is 1. The molecule has 0 atom stereocenters. The highest BCUT2D eigenvalue weighted by Gasteiger charge is 2.07. The standard InChI is InChI=1S/C12H14BrN3S2/c1-3-14-7-9-4-5-11(10(13)6-9)17-12-15-8(2)16-18-12/h4-6,14H,3,7H2,1-2H3. The summed E-state index contributed by atoms with van der Waals surface area (Å²) < 4.78 is 6.27. The van der Waals surface area contributed by atoms with Gasteiger partial charge in [-0.2, -0.15) is 4.37 Å². The summed E-state index contributed by atoms with van der Waals surface area (Å²) in [4.78, 5) is 5.53. The number of hydrogen-bond donors (Lipinski definition) is 1. The fraction of sp³-hybridized carbons (Fsp3) is 0.333. The van der Waals surface area contributed by atoms with E-state index in [1.807, 2.05) is 6.92 Å². The van der Waals surface area contributed by atoms with Crippen LogP contribution >= 0.6 is 39.2 Å².